The summed E-state index contributed by atoms with van der Waals surface area (Å²) in [5.74, 6) is -0.870. The van der Waals surface area contributed by atoms with E-state index in [9.17, 15) is 8.78 Å². The van der Waals surface area contributed by atoms with Crippen molar-refractivity contribution in [1.29, 1.82) is 0 Å². The van der Waals surface area contributed by atoms with E-state index in [0.29, 0.717) is 17.9 Å². The SMILES string of the molecule is OCCc1cc(-c2ccc(F)cc2F)no1. The fraction of sp³-hybridized carbons (Fsp3) is 0.182. The molecule has 3 nitrogen and oxygen atoms in total. The Kier molecular flexibility index (Phi) is 2.96. The zero-order valence-corrected chi connectivity index (χ0v) is 8.28. The van der Waals surface area contributed by atoms with Crippen molar-refractivity contribution >= 4 is 0 Å². The Morgan fingerprint density at radius 1 is 1.25 bits per heavy atom. The van der Waals surface area contributed by atoms with Gasteiger partial charge in [0.05, 0.1) is 6.61 Å². The van der Waals surface area contributed by atoms with Gasteiger partial charge in [-0.15, -0.1) is 0 Å². The van der Waals surface area contributed by atoms with Crippen molar-refractivity contribution in [2.75, 3.05) is 6.61 Å². The summed E-state index contributed by atoms with van der Waals surface area (Å²) < 4.78 is 30.9. The number of aromatic nitrogens is 1. The Balaban J connectivity index is 2.35. The van der Waals surface area contributed by atoms with Crippen LogP contribution in [-0.2, 0) is 6.42 Å². The van der Waals surface area contributed by atoms with Gasteiger partial charge in [-0.05, 0) is 12.1 Å². The third-order valence-corrected chi connectivity index (χ3v) is 2.12. The number of nitrogens with zero attached hydrogens (tertiary/aromatic N) is 1. The lowest BCUT2D eigenvalue weighted by Crippen LogP contribution is -1.87. The van der Waals surface area contributed by atoms with Gasteiger partial charge in [-0.2, -0.15) is 0 Å². The standard InChI is InChI=1S/C11H9F2NO2/c12-7-1-2-9(10(13)5-7)11-6-8(3-4-15)16-14-11/h1-2,5-6,15H,3-4H2. The highest BCUT2D eigenvalue weighted by Gasteiger charge is 2.11. The van der Waals surface area contributed by atoms with Crippen LogP contribution in [0.4, 0.5) is 8.78 Å². The number of hydrogen-bond donors (Lipinski definition) is 1. The molecule has 0 aliphatic carbocycles. The first-order valence-corrected chi connectivity index (χ1v) is 4.72. The Morgan fingerprint density at radius 2 is 2.06 bits per heavy atom. The van der Waals surface area contributed by atoms with Crippen LogP contribution in [0.5, 0.6) is 0 Å². The molecule has 0 bridgehead atoms. The molecule has 0 amide bonds. The van der Waals surface area contributed by atoms with Gasteiger partial charge in [0, 0.05) is 24.1 Å². The zero-order chi connectivity index (χ0) is 11.5. The van der Waals surface area contributed by atoms with E-state index < -0.39 is 11.6 Å². The molecule has 1 aromatic carbocycles. The topological polar surface area (TPSA) is 46.3 Å². The van der Waals surface area contributed by atoms with Crippen LogP contribution < -0.4 is 0 Å². The lowest BCUT2D eigenvalue weighted by Gasteiger charge is -1.97. The number of halogens is 2. The van der Waals surface area contributed by atoms with Crippen LogP contribution in [0.2, 0.25) is 0 Å². The summed E-state index contributed by atoms with van der Waals surface area (Å²) in [4.78, 5) is 0. The molecule has 2 aromatic rings. The highest BCUT2D eigenvalue weighted by Crippen LogP contribution is 2.23. The zero-order valence-electron chi connectivity index (χ0n) is 8.28. The van der Waals surface area contributed by atoms with Gasteiger partial charge >= 0.3 is 0 Å². The summed E-state index contributed by atoms with van der Waals surface area (Å²) in [6.07, 6.45) is 0.315. The predicted molar refractivity (Wildman–Crippen MR) is 52.6 cm³/mol. The summed E-state index contributed by atoms with van der Waals surface area (Å²) in [5.41, 5.74) is 0.468. The first kappa shape index (κ1) is 10.8. The van der Waals surface area contributed by atoms with Crippen LogP contribution in [0, 0.1) is 11.6 Å². The minimum absolute atomic E-state index is 0.0689. The van der Waals surface area contributed by atoms with E-state index in [1.54, 1.807) is 0 Å². The van der Waals surface area contributed by atoms with Gasteiger partial charge in [0.15, 0.2) is 0 Å². The van der Waals surface area contributed by atoms with Crippen molar-refractivity contribution in [3.63, 3.8) is 0 Å². The molecule has 84 valence electrons. The van der Waals surface area contributed by atoms with Crippen LogP contribution in [0.3, 0.4) is 0 Å². The monoisotopic (exact) mass is 225 g/mol. The van der Waals surface area contributed by atoms with E-state index in [0.717, 1.165) is 12.1 Å². The molecule has 0 saturated heterocycles. The Labute approximate surface area is 90.3 Å². The minimum atomic E-state index is -0.691. The maximum atomic E-state index is 13.4. The van der Waals surface area contributed by atoms with Gasteiger partial charge in [-0.25, -0.2) is 8.78 Å². The molecule has 0 radical (unpaired) electrons. The molecule has 0 atom stereocenters. The lowest BCUT2D eigenvalue weighted by molar-refractivity contribution is 0.277. The Hall–Kier alpha value is -1.75. The summed E-state index contributed by atoms with van der Waals surface area (Å²) in [6, 6.07) is 4.76. The summed E-state index contributed by atoms with van der Waals surface area (Å²) in [6.45, 7) is -0.0689. The molecule has 2 rings (SSSR count). The van der Waals surface area contributed by atoms with E-state index in [4.69, 9.17) is 9.63 Å². The van der Waals surface area contributed by atoms with Crippen LogP contribution >= 0.6 is 0 Å². The van der Waals surface area contributed by atoms with Gasteiger partial charge < -0.3 is 9.63 Å². The van der Waals surface area contributed by atoms with Gasteiger partial charge in [0.1, 0.15) is 23.1 Å². The van der Waals surface area contributed by atoms with Crippen LogP contribution in [0.25, 0.3) is 11.3 Å². The van der Waals surface area contributed by atoms with Crippen molar-refractivity contribution in [2.45, 2.75) is 6.42 Å². The van der Waals surface area contributed by atoms with Crippen molar-refractivity contribution < 1.29 is 18.4 Å². The van der Waals surface area contributed by atoms with Crippen molar-refractivity contribution in [2.24, 2.45) is 0 Å². The number of benzene rings is 1. The lowest BCUT2D eigenvalue weighted by atomic mass is 10.1. The molecule has 0 unspecified atom stereocenters. The minimum Gasteiger partial charge on any atom is -0.396 e. The van der Waals surface area contributed by atoms with Crippen molar-refractivity contribution in [3.05, 3.63) is 41.7 Å². The van der Waals surface area contributed by atoms with E-state index in [1.165, 1.54) is 12.1 Å². The van der Waals surface area contributed by atoms with Crippen molar-refractivity contribution in [1.82, 2.24) is 5.16 Å². The summed E-state index contributed by atoms with van der Waals surface area (Å²) >= 11 is 0. The van der Waals surface area contributed by atoms with Crippen molar-refractivity contribution in [3.8, 4) is 11.3 Å². The second-order valence-electron chi connectivity index (χ2n) is 3.28. The largest absolute Gasteiger partial charge is 0.396 e. The Bertz CT molecular complexity index is 496. The normalized spacial score (nSPS) is 10.7. The van der Waals surface area contributed by atoms with Gasteiger partial charge in [-0.3, -0.25) is 0 Å². The highest BCUT2D eigenvalue weighted by molar-refractivity contribution is 5.59. The van der Waals surface area contributed by atoms with E-state index >= 15 is 0 Å². The molecule has 0 aliphatic heterocycles. The average molecular weight is 225 g/mol. The number of aliphatic hydroxyl groups excluding tert-OH is 1. The fourth-order valence-corrected chi connectivity index (χ4v) is 1.37. The molecule has 1 N–H and O–H groups in total. The summed E-state index contributed by atoms with van der Waals surface area (Å²) in [7, 11) is 0. The molecule has 0 spiro atoms. The molecular formula is C11H9F2NO2. The van der Waals surface area contributed by atoms with Crippen LogP contribution in [0.15, 0.2) is 28.8 Å². The molecule has 0 fully saturated rings. The molecule has 5 heteroatoms. The highest BCUT2D eigenvalue weighted by atomic mass is 19.1. The first-order chi connectivity index (χ1) is 7.70. The molecule has 1 aromatic heterocycles. The Morgan fingerprint density at radius 3 is 2.75 bits per heavy atom. The maximum Gasteiger partial charge on any atom is 0.139 e. The third kappa shape index (κ3) is 2.09. The van der Waals surface area contributed by atoms with Gasteiger partial charge in [0.25, 0.3) is 0 Å². The van der Waals surface area contributed by atoms with Gasteiger partial charge in [-0.1, -0.05) is 5.16 Å². The first-order valence-electron chi connectivity index (χ1n) is 4.72. The second-order valence-corrected chi connectivity index (χ2v) is 3.28. The van der Waals surface area contributed by atoms with E-state index in [2.05, 4.69) is 5.16 Å². The van der Waals surface area contributed by atoms with E-state index in [1.807, 2.05) is 0 Å². The molecule has 1 heterocycles. The number of rotatable bonds is 3. The maximum absolute atomic E-state index is 13.4. The number of hydrogen-bond acceptors (Lipinski definition) is 3. The smallest absolute Gasteiger partial charge is 0.139 e. The third-order valence-electron chi connectivity index (χ3n) is 2.12. The number of aliphatic hydroxyl groups is 1. The second kappa shape index (κ2) is 4.40. The van der Waals surface area contributed by atoms with E-state index in [-0.39, 0.29) is 12.2 Å². The summed E-state index contributed by atoms with van der Waals surface area (Å²) in [5, 5.41) is 12.3. The molecule has 0 aliphatic rings. The van der Waals surface area contributed by atoms with Gasteiger partial charge in [0.2, 0.25) is 0 Å². The quantitative estimate of drug-likeness (QED) is 0.870. The molecule has 0 saturated carbocycles. The van der Waals surface area contributed by atoms with Crippen LogP contribution in [-0.4, -0.2) is 16.9 Å². The van der Waals surface area contributed by atoms with Crippen LogP contribution in [0.1, 0.15) is 5.76 Å². The molecular weight excluding hydrogens is 216 g/mol. The molecule has 16 heavy (non-hydrogen) atoms. The average Bonchev–Trinajstić information content (AvgIpc) is 2.67. The predicted octanol–water partition coefficient (Wildman–Crippen LogP) is 2.15. The fourth-order valence-electron chi connectivity index (χ4n) is 1.37.